The molecule has 1 saturated heterocycles. The Kier molecular flexibility index (Phi) is 10.3. The summed E-state index contributed by atoms with van der Waals surface area (Å²) in [5.74, 6) is -0.840. The molecule has 3 rings (SSSR count). The molecule has 0 aliphatic carbocycles. The van der Waals surface area contributed by atoms with Crippen LogP contribution in [-0.2, 0) is 22.4 Å². The first kappa shape index (κ1) is 28.4. The van der Waals surface area contributed by atoms with Gasteiger partial charge >= 0.3 is 6.09 Å². The standard InChI is InChI=1S/C27H34ClFN4O4/c1-3-5-22-17-32(24(25(34)30-2)16-19-6-4-7-20(28)14-19)12-13-33(22)26(35)23(31-27(36)37)15-18-8-10-21(29)11-9-18/h4,6-11,14,22-24,31H,3,5,12-13,15-17H2,1-2H3,(H,30,34)(H,36,37). The largest absolute Gasteiger partial charge is 0.465 e. The van der Waals surface area contributed by atoms with Crippen LogP contribution in [0, 0.1) is 5.82 Å². The number of nitrogens with one attached hydrogen (secondary N) is 2. The van der Waals surface area contributed by atoms with Crippen LogP contribution in [0.2, 0.25) is 5.02 Å². The molecule has 0 aromatic heterocycles. The third-order valence-electron chi connectivity index (χ3n) is 6.68. The molecule has 1 aliphatic rings. The second-order valence-corrected chi connectivity index (χ2v) is 9.70. The van der Waals surface area contributed by atoms with E-state index in [1.165, 1.54) is 12.1 Å². The highest BCUT2D eigenvalue weighted by Crippen LogP contribution is 2.22. The van der Waals surface area contributed by atoms with Crippen molar-refractivity contribution in [1.82, 2.24) is 20.4 Å². The van der Waals surface area contributed by atoms with Gasteiger partial charge in [0.2, 0.25) is 11.8 Å². The van der Waals surface area contributed by atoms with E-state index in [4.69, 9.17) is 11.6 Å². The van der Waals surface area contributed by atoms with Gasteiger partial charge in [-0.3, -0.25) is 14.5 Å². The second-order valence-electron chi connectivity index (χ2n) is 9.27. The fourth-order valence-electron chi connectivity index (χ4n) is 4.88. The molecule has 0 saturated carbocycles. The van der Waals surface area contributed by atoms with Crippen molar-refractivity contribution >= 4 is 29.5 Å². The number of likely N-dealkylation sites (N-methyl/N-ethyl adjacent to an activating group) is 1. The van der Waals surface area contributed by atoms with E-state index in [1.807, 2.05) is 25.1 Å². The minimum absolute atomic E-state index is 0.111. The van der Waals surface area contributed by atoms with Crippen LogP contribution in [0.1, 0.15) is 30.9 Å². The third-order valence-corrected chi connectivity index (χ3v) is 6.91. The topological polar surface area (TPSA) is 102 Å². The summed E-state index contributed by atoms with van der Waals surface area (Å²) >= 11 is 6.15. The van der Waals surface area contributed by atoms with Gasteiger partial charge in [0, 0.05) is 44.2 Å². The van der Waals surface area contributed by atoms with E-state index in [1.54, 1.807) is 30.1 Å². The highest BCUT2D eigenvalue weighted by Gasteiger charge is 2.38. The fourth-order valence-corrected chi connectivity index (χ4v) is 5.09. The van der Waals surface area contributed by atoms with E-state index in [0.29, 0.717) is 43.1 Å². The fraction of sp³-hybridized carbons (Fsp3) is 0.444. The molecule has 1 fully saturated rings. The lowest BCUT2D eigenvalue weighted by molar-refractivity contribution is -0.140. The highest BCUT2D eigenvalue weighted by molar-refractivity contribution is 6.30. The van der Waals surface area contributed by atoms with E-state index in [9.17, 15) is 23.9 Å². The smallest absolute Gasteiger partial charge is 0.405 e. The van der Waals surface area contributed by atoms with E-state index in [2.05, 4.69) is 15.5 Å². The van der Waals surface area contributed by atoms with Gasteiger partial charge in [-0.15, -0.1) is 0 Å². The SMILES string of the molecule is CCCC1CN(C(Cc2cccc(Cl)c2)C(=O)NC)CCN1C(=O)C(Cc1ccc(F)cc1)NC(=O)O. The average Bonchev–Trinajstić information content (AvgIpc) is 2.87. The Morgan fingerprint density at radius 2 is 1.84 bits per heavy atom. The van der Waals surface area contributed by atoms with E-state index in [-0.39, 0.29) is 24.3 Å². The predicted octanol–water partition coefficient (Wildman–Crippen LogP) is 3.33. The summed E-state index contributed by atoms with van der Waals surface area (Å²) in [7, 11) is 1.61. The number of hydrogen-bond acceptors (Lipinski definition) is 4. The first-order valence-electron chi connectivity index (χ1n) is 12.5. The molecule has 10 heteroatoms. The molecule has 2 aromatic rings. The van der Waals surface area contributed by atoms with Gasteiger partial charge < -0.3 is 20.6 Å². The van der Waals surface area contributed by atoms with Gasteiger partial charge in [0.25, 0.3) is 0 Å². The van der Waals surface area contributed by atoms with Crippen LogP contribution in [-0.4, -0.2) is 77.6 Å². The van der Waals surface area contributed by atoms with Crippen molar-refractivity contribution in [3.05, 3.63) is 70.5 Å². The third kappa shape index (κ3) is 7.90. The van der Waals surface area contributed by atoms with Gasteiger partial charge in [-0.05, 0) is 48.2 Å². The van der Waals surface area contributed by atoms with Crippen LogP contribution in [0.4, 0.5) is 9.18 Å². The molecule has 3 atom stereocenters. The van der Waals surface area contributed by atoms with E-state index < -0.39 is 24.0 Å². The molecule has 0 bridgehead atoms. The Balaban J connectivity index is 1.79. The zero-order valence-corrected chi connectivity index (χ0v) is 21.9. The summed E-state index contributed by atoms with van der Waals surface area (Å²) in [4.78, 5) is 41.8. The molecule has 1 aliphatic heterocycles. The number of piperazine rings is 1. The quantitative estimate of drug-likeness (QED) is 0.436. The maximum absolute atomic E-state index is 13.6. The van der Waals surface area contributed by atoms with Crippen molar-refractivity contribution in [3.63, 3.8) is 0 Å². The molecule has 3 N–H and O–H groups in total. The summed E-state index contributed by atoms with van der Waals surface area (Å²) in [5.41, 5.74) is 1.59. The monoisotopic (exact) mass is 532 g/mol. The van der Waals surface area contributed by atoms with Crippen LogP contribution < -0.4 is 10.6 Å². The number of carbonyl (C=O) groups is 3. The van der Waals surface area contributed by atoms with Crippen molar-refractivity contribution < 1.29 is 23.9 Å². The molecule has 3 amide bonds. The van der Waals surface area contributed by atoms with E-state index in [0.717, 1.165) is 12.0 Å². The molecular formula is C27H34ClFN4O4. The molecule has 1 heterocycles. The second kappa shape index (κ2) is 13.4. The van der Waals surface area contributed by atoms with Crippen molar-refractivity contribution in [2.75, 3.05) is 26.7 Å². The highest BCUT2D eigenvalue weighted by atomic mass is 35.5. The Morgan fingerprint density at radius 1 is 1.11 bits per heavy atom. The van der Waals surface area contributed by atoms with Gasteiger partial charge in [0.15, 0.2) is 0 Å². The number of amides is 3. The summed E-state index contributed by atoms with van der Waals surface area (Å²) < 4.78 is 13.3. The lowest BCUT2D eigenvalue weighted by Crippen LogP contribution is -2.63. The van der Waals surface area contributed by atoms with Crippen molar-refractivity contribution in [3.8, 4) is 0 Å². The maximum Gasteiger partial charge on any atom is 0.405 e. The molecule has 3 unspecified atom stereocenters. The number of carboxylic acid groups (broad SMARTS) is 1. The lowest BCUT2D eigenvalue weighted by Gasteiger charge is -2.45. The summed E-state index contributed by atoms with van der Waals surface area (Å²) in [5, 5.41) is 15.1. The average molecular weight is 533 g/mol. The number of hydrogen-bond donors (Lipinski definition) is 3. The normalized spacial score (nSPS) is 17.6. The zero-order chi connectivity index (χ0) is 26.9. The van der Waals surface area contributed by atoms with Crippen LogP contribution in [0.25, 0.3) is 0 Å². The zero-order valence-electron chi connectivity index (χ0n) is 21.1. The number of benzene rings is 2. The maximum atomic E-state index is 13.6. The minimum atomic E-state index is -1.30. The minimum Gasteiger partial charge on any atom is -0.465 e. The Labute approximate surface area is 221 Å². The lowest BCUT2D eigenvalue weighted by atomic mass is 9.98. The van der Waals surface area contributed by atoms with Crippen LogP contribution >= 0.6 is 11.6 Å². The molecule has 0 radical (unpaired) electrons. The van der Waals surface area contributed by atoms with Gasteiger partial charge in [0.05, 0.1) is 6.04 Å². The van der Waals surface area contributed by atoms with E-state index >= 15 is 0 Å². The summed E-state index contributed by atoms with van der Waals surface area (Å²) in [6.07, 6.45) is 0.806. The number of nitrogens with zero attached hydrogens (tertiary/aromatic N) is 2. The molecule has 200 valence electrons. The Bertz CT molecular complexity index is 1080. The first-order chi connectivity index (χ1) is 17.7. The summed E-state index contributed by atoms with van der Waals surface area (Å²) in [6.45, 7) is 3.32. The van der Waals surface area contributed by atoms with Crippen molar-refractivity contribution in [2.24, 2.45) is 0 Å². The van der Waals surface area contributed by atoms with Gasteiger partial charge in [-0.2, -0.15) is 0 Å². The molecule has 0 spiro atoms. The Morgan fingerprint density at radius 3 is 2.46 bits per heavy atom. The van der Waals surface area contributed by atoms with Gasteiger partial charge in [-0.1, -0.05) is 49.2 Å². The molecule has 8 nitrogen and oxygen atoms in total. The van der Waals surface area contributed by atoms with Crippen LogP contribution in [0.5, 0.6) is 0 Å². The number of rotatable bonds is 10. The van der Waals surface area contributed by atoms with Gasteiger partial charge in [0.1, 0.15) is 11.9 Å². The van der Waals surface area contributed by atoms with Crippen molar-refractivity contribution in [2.45, 2.75) is 50.7 Å². The van der Waals surface area contributed by atoms with Crippen LogP contribution in [0.15, 0.2) is 48.5 Å². The molecule has 37 heavy (non-hydrogen) atoms. The number of halogens is 2. The van der Waals surface area contributed by atoms with Crippen molar-refractivity contribution in [1.29, 1.82) is 0 Å². The molecule has 2 aromatic carbocycles. The van der Waals surface area contributed by atoms with Gasteiger partial charge in [-0.25, -0.2) is 9.18 Å². The summed E-state index contributed by atoms with van der Waals surface area (Å²) in [6, 6.07) is 11.5. The number of carbonyl (C=O) groups excluding carboxylic acids is 2. The Hall–Kier alpha value is -3.17. The first-order valence-corrected chi connectivity index (χ1v) is 12.8. The predicted molar refractivity (Wildman–Crippen MR) is 140 cm³/mol. The molecular weight excluding hydrogens is 499 g/mol. The van der Waals surface area contributed by atoms with Crippen LogP contribution in [0.3, 0.4) is 0 Å².